The van der Waals surface area contributed by atoms with Gasteiger partial charge in [0.25, 0.3) is 0 Å². The van der Waals surface area contributed by atoms with Gasteiger partial charge in [-0.25, -0.2) is 0 Å². The van der Waals surface area contributed by atoms with Gasteiger partial charge in [0.05, 0.1) is 10.7 Å². The molecule has 0 heterocycles. The van der Waals surface area contributed by atoms with E-state index < -0.39 is 0 Å². The molecule has 0 saturated heterocycles. The van der Waals surface area contributed by atoms with Gasteiger partial charge in [-0.1, -0.05) is 57.0 Å². The van der Waals surface area contributed by atoms with Gasteiger partial charge in [0.2, 0.25) is 0 Å². The predicted octanol–water partition coefficient (Wildman–Crippen LogP) is 6.11. The molecular formula is C15H23ClIN. The zero-order valence-electron chi connectivity index (χ0n) is 11.1. The number of benzene rings is 1. The fourth-order valence-corrected chi connectivity index (χ4v) is 2.86. The van der Waals surface area contributed by atoms with Crippen LogP contribution < -0.4 is 5.32 Å². The smallest absolute Gasteiger partial charge is 0.0648 e. The van der Waals surface area contributed by atoms with Crippen LogP contribution in [0.25, 0.3) is 0 Å². The highest BCUT2D eigenvalue weighted by atomic mass is 127. The summed E-state index contributed by atoms with van der Waals surface area (Å²) in [5, 5.41) is 4.23. The third-order valence-corrected chi connectivity index (χ3v) is 4.01. The molecule has 1 N–H and O–H groups in total. The summed E-state index contributed by atoms with van der Waals surface area (Å²) in [6.07, 6.45) is 9.41. The summed E-state index contributed by atoms with van der Waals surface area (Å²) >= 11 is 8.44. The number of nitrogens with one attached hydrogen (secondary N) is 1. The van der Waals surface area contributed by atoms with Crippen molar-refractivity contribution in [1.29, 1.82) is 0 Å². The highest BCUT2D eigenvalue weighted by Crippen LogP contribution is 2.23. The van der Waals surface area contributed by atoms with Crippen molar-refractivity contribution in [2.45, 2.75) is 51.9 Å². The quantitative estimate of drug-likeness (QED) is 0.403. The first-order chi connectivity index (χ1) is 8.74. The number of hydrogen-bond acceptors (Lipinski definition) is 1. The number of anilines is 1. The second-order valence-corrected chi connectivity index (χ2v) is 6.33. The minimum atomic E-state index is 0.824. The molecule has 0 aliphatic rings. The molecule has 0 aliphatic carbocycles. The van der Waals surface area contributed by atoms with E-state index in [0.717, 1.165) is 17.3 Å². The van der Waals surface area contributed by atoms with Gasteiger partial charge < -0.3 is 5.32 Å². The molecule has 3 heteroatoms. The van der Waals surface area contributed by atoms with Crippen molar-refractivity contribution >= 4 is 39.9 Å². The Morgan fingerprint density at radius 3 is 2.39 bits per heavy atom. The number of unbranched alkanes of at least 4 members (excludes halogenated alkanes) is 6. The maximum atomic E-state index is 6.16. The highest BCUT2D eigenvalue weighted by Gasteiger charge is 1.99. The molecule has 0 atom stereocenters. The van der Waals surface area contributed by atoms with Gasteiger partial charge >= 0.3 is 0 Å². The van der Waals surface area contributed by atoms with Crippen molar-refractivity contribution in [3.05, 3.63) is 26.8 Å². The lowest BCUT2D eigenvalue weighted by atomic mass is 10.1. The molecule has 102 valence electrons. The van der Waals surface area contributed by atoms with Gasteiger partial charge in [-0.3, -0.25) is 0 Å². The molecule has 0 bridgehead atoms. The molecule has 1 rings (SSSR count). The number of halogens is 2. The van der Waals surface area contributed by atoms with Gasteiger partial charge in [-0.2, -0.15) is 0 Å². The molecule has 1 aromatic carbocycles. The topological polar surface area (TPSA) is 12.0 Å². The van der Waals surface area contributed by atoms with Crippen LogP contribution in [0.1, 0.15) is 51.9 Å². The molecule has 0 radical (unpaired) electrons. The molecule has 0 amide bonds. The Morgan fingerprint density at radius 1 is 1.06 bits per heavy atom. The first kappa shape index (κ1) is 16.1. The summed E-state index contributed by atoms with van der Waals surface area (Å²) in [4.78, 5) is 0. The van der Waals surface area contributed by atoms with Crippen molar-refractivity contribution in [3.8, 4) is 0 Å². The number of hydrogen-bond donors (Lipinski definition) is 1. The fraction of sp³-hybridized carbons (Fsp3) is 0.600. The second kappa shape index (κ2) is 9.90. The first-order valence-electron chi connectivity index (χ1n) is 6.93. The summed E-state index contributed by atoms with van der Waals surface area (Å²) in [6.45, 7) is 3.28. The van der Waals surface area contributed by atoms with Crippen molar-refractivity contribution < 1.29 is 0 Å². The summed E-state index contributed by atoms with van der Waals surface area (Å²) in [5.41, 5.74) is 1.06. The summed E-state index contributed by atoms with van der Waals surface area (Å²) in [5.74, 6) is 0. The van der Waals surface area contributed by atoms with Crippen LogP contribution in [-0.2, 0) is 0 Å². The molecule has 0 saturated carbocycles. The Morgan fingerprint density at radius 2 is 1.72 bits per heavy atom. The molecular weight excluding hydrogens is 357 g/mol. The third-order valence-electron chi connectivity index (χ3n) is 3.03. The van der Waals surface area contributed by atoms with Crippen LogP contribution in [0.2, 0.25) is 5.02 Å². The highest BCUT2D eigenvalue weighted by molar-refractivity contribution is 14.1. The average Bonchev–Trinajstić information content (AvgIpc) is 2.35. The van der Waals surface area contributed by atoms with Crippen molar-refractivity contribution in [2.24, 2.45) is 0 Å². The summed E-state index contributed by atoms with van der Waals surface area (Å²) < 4.78 is 1.18. The third kappa shape index (κ3) is 6.83. The van der Waals surface area contributed by atoms with Crippen LogP contribution in [0.5, 0.6) is 0 Å². The molecule has 1 aromatic rings. The predicted molar refractivity (Wildman–Crippen MR) is 90.7 cm³/mol. The van der Waals surface area contributed by atoms with Crippen LogP contribution in [0.3, 0.4) is 0 Å². The molecule has 0 aromatic heterocycles. The van der Waals surface area contributed by atoms with Gasteiger partial charge in [0.15, 0.2) is 0 Å². The SMILES string of the molecule is CCCCCCCCCNc1ccc(I)cc1Cl. The first-order valence-corrected chi connectivity index (χ1v) is 8.38. The Labute approximate surface area is 130 Å². The van der Waals surface area contributed by atoms with E-state index in [2.05, 4.69) is 47.0 Å². The van der Waals surface area contributed by atoms with E-state index >= 15 is 0 Å². The molecule has 0 fully saturated rings. The Hall–Kier alpha value is 0.0400. The van der Waals surface area contributed by atoms with E-state index in [1.807, 2.05) is 6.07 Å². The maximum absolute atomic E-state index is 6.16. The lowest BCUT2D eigenvalue weighted by Crippen LogP contribution is -2.02. The van der Waals surface area contributed by atoms with Gasteiger partial charge in [-0.15, -0.1) is 0 Å². The summed E-state index contributed by atoms with van der Waals surface area (Å²) in [7, 11) is 0. The largest absolute Gasteiger partial charge is 0.384 e. The van der Waals surface area contributed by atoms with Crippen molar-refractivity contribution in [1.82, 2.24) is 0 Å². The fourth-order valence-electron chi connectivity index (χ4n) is 1.94. The Balaban J connectivity index is 2.07. The van der Waals surface area contributed by atoms with E-state index in [1.54, 1.807) is 0 Å². The summed E-state index contributed by atoms with van der Waals surface area (Å²) in [6, 6.07) is 6.14. The lowest BCUT2D eigenvalue weighted by molar-refractivity contribution is 0.596. The zero-order valence-corrected chi connectivity index (χ0v) is 14.1. The van der Waals surface area contributed by atoms with E-state index in [0.29, 0.717) is 0 Å². The van der Waals surface area contributed by atoms with Crippen LogP contribution in [0.15, 0.2) is 18.2 Å². The normalized spacial score (nSPS) is 10.6. The maximum Gasteiger partial charge on any atom is 0.0648 e. The van der Waals surface area contributed by atoms with E-state index in [9.17, 15) is 0 Å². The van der Waals surface area contributed by atoms with Gasteiger partial charge in [-0.05, 0) is 47.2 Å². The van der Waals surface area contributed by atoms with Crippen molar-refractivity contribution in [2.75, 3.05) is 11.9 Å². The van der Waals surface area contributed by atoms with Crippen LogP contribution in [0, 0.1) is 3.57 Å². The monoisotopic (exact) mass is 379 g/mol. The standard InChI is InChI=1S/C15H23ClIN/c1-2-3-4-5-6-7-8-11-18-15-10-9-13(17)12-14(15)16/h9-10,12,18H,2-8,11H2,1H3. The number of rotatable bonds is 9. The minimum absolute atomic E-state index is 0.824. The van der Waals surface area contributed by atoms with Crippen LogP contribution in [0.4, 0.5) is 5.69 Å². The van der Waals surface area contributed by atoms with Gasteiger partial charge in [0.1, 0.15) is 0 Å². The molecule has 18 heavy (non-hydrogen) atoms. The molecule has 0 spiro atoms. The second-order valence-electron chi connectivity index (χ2n) is 4.67. The Kier molecular flexibility index (Phi) is 8.86. The van der Waals surface area contributed by atoms with E-state index in [1.165, 1.54) is 48.5 Å². The molecule has 0 unspecified atom stereocenters. The van der Waals surface area contributed by atoms with Crippen molar-refractivity contribution in [3.63, 3.8) is 0 Å². The molecule has 0 aliphatic heterocycles. The van der Waals surface area contributed by atoms with Crippen LogP contribution in [-0.4, -0.2) is 6.54 Å². The Bertz CT molecular complexity index is 341. The van der Waals surface area contributed by atoms with Crippen LogP contribution >= 0.6 is 34.2 Å². The lowest BCUT2D eigenvalue weighted by Gasteiger charge is -2.08. The minimum Gasteiger partial charge on any atom is -0.384 e. The van der Waals surface area contributed by atoms with E-state index in [4.69, 9.17) is 11.6 Å². The van der Waals surface area contributed by atoms with E-state index in [-0.39, 0.29) is 0 Å². The molecule has 1 nitrogen and oxygen atoms in total. The average molecular weight is 380 g/mol. The zero-order chi connectivity index (χ0) is 13.2. The van der Waals surface area contributed by atoms with Gasteiger partial charge in [0, 0.05) is 10.1 Å².